The Hall–Kier alpha value is -3.15. The minimum absolute atomic E-state index is 0.145. The summed E-state index contributed by atoms with van der Waals surface area (Å²) in [6, 6.07) is 27.9. The molecule has 37 heavy (non-hydrogen) atoms. The second-order valence-electron chi connectivity index (χ2n) is 11.4. The molecule has 0 bridgehead atoms. The number of anilines is 2. The van der Waals surface area contributed by atoms with E-state index in [0.717, 1.165) is 41.8 Å². The van der Waals surface area contributed by atoms with Gasteiger partial charge < -0.3 is 9.74 Å². The van der Waals surface area contributed by atoms with Gasteiger partial charge in [0.1, 0.15) is 0 Å². The average molecular weight is 513 g/mol. The number of nitrogens with one attached hydrogen (secondary N) is 1. The lowest BCUT2D eigenvalue weighted by Crippen LogP contribution is -2.44. The molecule has 1 aliphatic rings. The smallest absolute Gasteiger partial charge is 0.326 e. The summed E-state index contributed by atoms with van der Waals surface area (Å²) in [5.41, 5.74) is 5.14. The Labute approximate surface area is 223 Å². The Morgan fingerprint density at radius 1 is 0.946 bits per heavy atom. The van der Waals surface area contributed by atoms with Crippen molar-refractivity contribution in [1.82, 2.24) is 0 Å². The lowest BCUT2D eigenvalue weighted by molar-refractivity contribution is 0.173. The van der Waals surface area contributed by atoms with Crippen molar-refractivity contribution in [2.45, 2.75) is 70.8 Å². The van der Waals surface area contributed by atoms with Gasteiger partial charge in [-0.3, -0.25) is 4.90 Å². The van der Waals surface area contributed by atoms with Gasteiger partial charge in [-0.25, -0.2) is 4.79 Å². The summed E-state index contributed by atoms with van der Waals surface area (Å²) in [6.07, 6.45) is 5.43. The molecular formula is C32H40N2O2Si. The minimum atomic E-state index is -1.87. The highest BCUT2D eigenvalue weighted by molar-refractivity contribution is 6.74. The van der Waals surface area contributed by atoms with E-state index in [-0.39, 0.29) is 17.2 Å². The van der Waals surface area contributed by atoms with Gasteiger partial charge in [0.05, 0.1) is 12.2 Å². The predicted octanol–water partition coefficient (Wildman–Crippen LogP) is 8.88. The number of hydrogen-bond acceptors (Lipinski definition) is 2. The summed E-state index contributed by atoms with van der Waals surface area (Å²) in [7, 11) is -1.87. The molecule has 0 radical (unpaired) electrons. The fraction of sp³-hybridized carbons (Fsp3) is 0.344. The molecule has 2 amide bonds. The van der Waals surface area contributed by atoms with Crippen LogP contribution in [-0.2, 0) is 11.0 Å². The van der Waals surface area contributed by atoms with Crippen molar-refractivity contribution < 1.29 is 9.22 Å². The quantitative estimate of drug-likeness (QED) is 0.321. The zero-order chi connectivity index (χ0) is 26.5. The van der Waals surface area contributed by atoms with Gasteiger partial charge in [-0.1, -0.05) is 93.6 Å². The summed E-state index contributed by atoms with van der Waals surface area (Å²) in [5.74, 6) is 0. The maximum atomic E-state index is 13.7. The SMILES string of the molecule is CC(C)(C)[Si](C)(C)OC1CCC=C(c2ccccc2N(Cc2ccccc2)C(=O)Nc2ccccc2)C1. The first-order valence-corrected chi connectivity index (χ1v) is 16.2. The van der Waals surface area contributed by atoms with Crippen LogP contribution in [0.5, 0.6) is 0 Å². The molecule has 3 aromatic carbocycles. The third-order valence-corrected chi connectivity index (χ3v) is 12.1. The van der Waals surface area contributed by atoms with E-state index in [1.807, 2.05) is 59.5 Å². The topological polar surface area (TPSA) is 41.6 Å². The van der Waals surface area contributed by atoms with Gasteiger partial charge >= 0.3 is 6.03 Å². The third kappa shape index (κ3) is 6.79. The van der Waals surface area contributed by atoms with Gasteiger partial charge in [-0.15, -0.1) is 0 Å². The van der Waals surface area contributed by atoms with Crippen molar-refractivity contribution in [3.05, 3.63) is 102 Å². The third-order valence-electron chi connectivity index (χ3n) is 7.59. The molecule has 0 aromatic heterocycles. The number of carbonyl (C=O) groups excluding carboxylic acids is 1. The molecule has 1 aliphatic carbocycles. The van der Waals surface area contributed by atoms with Gasteiger partial charge in [0.2, 0.25) is 0 Å². The molecule has 1 atom stereocenters. The zero-order valence-electron chi connectivity index (χ0n) is 22.8. The Morgan fingerprint density at radius 3 is 2.24 bits per heavy atom. The summed E-state index contributed by atoms with van der Waals surface area (Å²) in [4.78, 5) is 15.5. The molecule has 1 N–H and O–H groups in total. The Balaban J connectivity index is 1.64. The zero-order valence-corrected chi connectivity index (χ0v) is 23.8. The average Bonchev–Trinajstić information content (AvgIpc) is 2.88. The van der Waals surface area contributed by atoms with Crippen LogP contribution in [0.2, 0.25) is 18.1 Å². The molecule has 0 saturated heterocycles. The predicted molar refractivity (Wildman–Crippen MR) is 158 cm³/mol. The van der Waals surface area contributed by atoms with E-state index in [2.05, 4.69) is 75.6 Å². The van der Waals surface area contributed by atoms with Crippen molar-refractivity contribution in [3.8, 4) is 0 Å². The summed E-state index contributed by atoms with van der Waals surface area (Å²) >= 11 is 0. The van der Waals surface area contributed by atoms with E-state index in [1.165, 1.54) is 5.57 Å². The summed E-state index contributed by atoms with van der Waals surface area (Å²) in [5, 5.41) is 3.27. The normalized spacial score (nSPS) is 16.1. The fourth-order valence-electron chi connectivity index (χ4n) is 4.51. The van der Waals surface area contributed by atoms with E-state index in [0.29, 0.717) is 6.54 Å². The van der Waals surface area contributed by atoms with Gasteiger partial charge in [0.25, 0.3) is 0 Å². The lowest BCUT2D eigenvalue weighted by atomic mass is 9.90. The molecule has 0 heterocycles. The van der Waals surface area contributed by atoms with Crippen LogP contribution in [-0.4, -0.2) is 20.5 Å². The second-order valence-corrected chi connectivity index (χ2v) is 16.2. The van der Waals surface area contributed by atoms with Crippen LogP contribution < -0.4 is 10.2 Å². The summed E-state index contributed by atoms with van der Waals surface area (Å²) in [6.45, 7) is 12.0. The van der Waals surface area contributed by atoms with Crippen LogP contribution in [0.3, 0.4) is 0 Å². The molecule has 194 valence electrons. The standard InChI is InChI=1S/C32H40N2O2Si/c1-32(2,3)37(4,5)36-28-20-14-17-26(23-28)29-21-12-13-22-30(29)34(24-25-15-8-6-9-16-25)31(35)33-27-18-10-7-11-19-27/h6-13,15-19,21-22,28H,14,20,23-24H2,1-5H3,(H,33,35). The number of para-hydroxylation sites is 2. The van der Waals surface area contributed by atoms with E-state index < -0.39 is 8.32 Å². The highest BCUT2D eigenvalue weighted by atomic mass is 28.4. The molecule has 4 rings (SSSR count). The van der Waals surface area contributed by atoms with E-state index >= 15 is 0 Å². The van der Waals surface area contributed by atoms with Crippen LogP contribution in [0.4, 0.5) is 16.2 Å². The molecule has 0 aliphatic heterocycles. The van der Waals surface area contributed by atoms with Crippen molar-refractivity contribution in [2.24, 2.45) is 0 Å². The van der Waals surface area contributed by atoms with Crippen molar-refractivity contribution in [3.63, 3.8) is 0 Å². The Bertz CT molecular complexity index is 1220. The molecule has 1 unspecified atom stereocenters. The number of carbonyl (C=O) groups is 1. The van der Waals surface area contributed by atoms with Crippen LogP contribution >= 0.6 is 0 Å². The number of urea groups is 1. The molecule has 3 aromatic rings. The van der Waals surface area contributed by atoms with Gasteiger partial charge in [-0.2, -0.15) is 0 Å². The lowest BCUT2D eigenvalue weighted by Gasteiger charge is -2.40. The van der Waals surface area contributed by atoms with E-state index in [1.54, 1.807) is 0 Å². The maximum absolute atomic E-state index is 13.7. The fourth-order valence-corrected chi connectivity index (χ4v) is 5.90. The van der Waals surface area contributed by atoms with Crippen LogP contribution in [0, 0.1) is 0 Å². The van der Waals surface area contributed by atoms with Crippen molar-refractivity contribution in [1.29, 1.82) is 0 Å². The molecule has 5 heteroatoms. The number of rotatable bonds is 7. The monoisotopic (exact) mass is 512 g/mol. The maximum Gasteiger partial charge on any atom is 0.326 e. The van der Waals surface area contributed by atoms with Gasteiger partial charge in [0, 0.05) is 17.4 Å². The first kappa shape index (κ1) is 26.9. The summed E-state index contributed by atoms with van der Waals surface area (Å²) < 4.78 is 6.82. The Morgan fingerprint density at radius 2 is 1.57 bits per heavy atom. The first-order valence-electron chi connectivity index (χ1n) is 13.3. The molecule has 0 spiro atoms. The van der Waals surface area contributed by atoms with Gasteiger partial charge in [0.15, 0.2) is 8.32 Å². The van der Waals surface area contributed by atoms with E-state index in [9.17, 15) is 4.79 Å². The van der Waals surface area contributed by atoms with Gasteiger partial charge in [-0.05, 0) is 66.7 Å². The van der Waals surface area contributed by atoms with Crippen molar-refractivity contribution >= 4 is 31.3 Å². The number of amides is 2. The van der Waals surface area contributed by atoms with Crippen LogP contribution in [0.1, 0.15) is 51.2 Å². The highest BCUT2D eigenvalue weighted by Gasteiger charge is 2.39. The van der Waals surface area contributed by atoms with Crippen molar-refractivity contribution in [2.75, 3.05) is 10.2 Å². The Kier molecular flexibility index (Phi) is 8.35. The molecule has 0 fully saturated rings. The first-order chi connectivity index (χ1) is 17.6. The molecule has 0 saturated carbocycles. The van der Waals surface area contributed by atoms with Crippen LogP contribution in [0.25, 0.3) is 5.57 Å². The number of allylic oxidation sites excluding steroid dienone is 1. The number of benzene rings is 3. The highest BCUT2D eigenvalue weighted by Crippen LogP contribution is 2.41. The molecular weight excluding hydrogens is 472 g/mol. The number of nitrogens with zero attached hydrogens (tertiary/aromatic N) is 1. The largest absolute Gasteiger partial charge is 0.414 e. The van der Waals surface area contributed by atoms with E-state index in [4.69, 9.17) is 4.43 Å². The number of hydrogen-bond donors (Lipinski definition) is 1. The second kappa shape index (κ2) is 11.5. The minimum Gasteiger partial charge on any atom is -0.414 e. The van der Waals surface area contributed by atoms with Crippen LogP contribution in [0.15, 0.2) is 91.0 Å². The molecule has 4 nitrogen and oxygen atoms in total.